The standard InChI is InChI=1S/C19H18F3N3OS/c1-10-5-11(2)17(12(3)6-10)25-16(26)9-27-18-14(8-23)15(19(20,21)22)7-13(4)24-18/h5-7H,9H2,1-4H3,(H,25,26). The lowest BCUT2D eigenvalue weighted by atomic mass is 10.1. The number of alkyl halides is 3. The third kappa shape index (κ3) is 5.01. The molecule has 4 nitrogen and oxygen atoms in total. The summed E-state index contributed by atoms with van der Waals surface area (Å²) in [6, 6.07) is 6.26. The van der Waals surface area contributed by atoms with Crippen molar-refractivity contribution < 1.29 is 18.0 Å². The minimum absolute atomic E-state index is 0.0997. The van der Waals surface area contributed by atoms with E-state index in [0.717, 1.165) is 34.5 Å². The predicted molar refractivity (Wildman–Crippen MR) is 98.7 cm³/mol. The van der Waals surface area contributed by atoms with Gasteiger partial charge in [0.15, 0.2) is 0 Å². The average Bonchev–Trinajstić information content (AvgIpc) is 2.54. The Kier molecular flexibility index (Phi) is 6.16. The number of pyridine rings is 1. The number of aryl methyl sites for hydroxylation is 4. The number of hydrogen-bond acceptors (Lipinski definition) is 4. The quantitative estimate of drug-likeness (QED) is 0.748. The van der Waals surface area contributed by atoms with E-state index in [1.54, 1.807) is 6.07 Å². The third-order valence-electron chi connectivity index (χ3n) is 3.81. The number of halogens is 3. The molecule has 0 bridgehead atoms. The fourth-order valence-corrected chi connectivity index (χ4v) is 3.62. The highest BCUT2D eigenvalue weighted by Gasteiger charge is 2.35. The summed E-state index contributed by atoms with van der Waals surface area (Å²) in [5.41, 5.74) is 2.08. The summed E-state index contributed by atoms with van der Waals surface area (Å²) in [4.78, 5) is 16.3. The van der Waals surface area contributed by atoms with Crippen LogP contribution >= 0.6 is 11.8 Å². The van der Waals surface area contributed by atoms with E-state index in [1.165, 1.54) is 6.92 Å². The maximum atomic E-state index is 13.1. The van der Waals surface area contributed by atoms with Crippen LogP contribution in [-0.4, -0.2) is 16.6 Å². The Labute approximate surface area is 159 Å². The van der Waals surface area contributed by atoms with Gasteiger partial charge in [0.2, 0.25) is 5.91 Å². The first kappa shape index (κ1) is 20.8. The first-order chi connectivity index (χ1) is 12.5. The molecule has 0 aliphatic heterocycles. The van der Waals surface area contributed by atoms with Crippen molar-refractivity contribution in [3.8, 4) is 6.07 Å². The predicted octanol–water partition coefficient (Wildman–Crippen LogP) is 4.94. The van der Waals surface area contributed by atoms with E-state index in [0.29, 0.717) is 5.69 Å². The van der Waals surface area contributed by atoms with Gasteiger partial charge in [0, 0.05) is 11.4 Å². The lowest BCUT2D eigenvalue weighted by Gasteiger charge is -2.14. The van der Waals surface area contributed by atoms with Crippen LogP contribution in [0.25, 0.3) is 0 Å². The zero-order valence-corrected chi connectivity index (χ0v) is 16.1. The summed E-state index contributed by atoms with van der Waals surface area (Å²) in [5, 5.41) is 11.8. The van der Waals surface area contributed by atoms with Crippen molar-refractivity contribution in [2.45, 2.75) is 38.9 Å². The molecule has 0 spiro atoms. The van der Waals surface area contributed by atoms with Gasteiger partial charge >= 0.3 is 6.18 Å². The fourth-order valence-electron chi connectivity index (χ4n) is 2.77. The first-order valence-electron chi connectivity index (χ1n) is 8.02. The van der Waals surface area contributed by atoms with Crippen LogP contribution in [0.1, 0.15) is 33.5 Å². The number of carbonyl (C=O) groups excluding carboxylic acids is 1. The lowest BCUT2D eigenvalue weighted by Crippen LogP contribution is -2.17. The van der Waals surface area contributed by atoms with Crippen LogP contribution in [0, 0.1) is 39.0 Å². The van der Waals surface area contributed by atoms with Crippen LogP contribution in [0.4, 0.5) is 18.9 Å². The number of nitrogens with one attached hydrogen (secondary N) is 1. The summed E-state index contributed by atoms with van der Waals surface area (Å²) >= 11 is 0.813. The van der Waals surface area contributed by atoms with Gasteiger partial charge in [-0.05, 0) is 44.9 Å². The molecular formula is C19H18F3N3OS. The maximum Gasteiger partial charge on any atom is 0.417 e. The molecule has 8 heteroatoms. The van der Waals surface area contributed by atoms with Gasteiger partial charge in [0.05, 0.1) is 16.9 Å². The van der Waals surface area contributed by atoms with Gasteiger partial charge < -0.3 is 5.32 Å². The molecule has 0 saturated carbocycles. The number of anilines is 1. The number of hydrogen-bond donors (Lipinski definition) is 1. The van der Waals surface area contributed by atoms with E-state index in [4.69, 9.17) is 5.26 Å². The normalized spacial score (nSPS) is 11.2. The van der Waals surface area contributed by atoms with Crippen molar-refractivity contribution >= 4 is 23.4 Å². The van der Waals surface area contributed by atoms with Gasteiger partial charge in [0.25, 0.3) is 0 Å². The van der Waals surface area contributed by atoms with Gasteiger partial charge in [-0.1, -0.05) is 29.5 Å². The Morgan fingerprint density at radius 2 is 1.78 bits per heavy atom. The molecule has 0 saturated heterocycles. The van der Waals surface area contributed by atoms with Crippen LogP contribution in [0.5, 0.6) is 0 Å². The SMILES string of the molecule is Cc1cc(C)c(NC(=O)CSc2nc(C)cc(C(F)(F)F)c2C#N)c(C)c1. The van der Waals surface area contributed by atoms with Crippen molar-refractivity contribution in [3.63, 3.8) is 0 Å². The minimum atomic E-state index is -4.66. The molecule has 27 heavy (non-hydrogen) atoms. The number of carbonyl (C=O) groups is 1. The third-order valence-corrected chi connectivity index (χ3v) is 4.79. The molecule has 0 fully saturated rings. The van der Waals surface area contributed by atoms with Gasteiger partial charge in [-0.25, -0.2) is 4.98 Å². The monoisotopic (exact) mass is 393 g/mol. The number of nitriles is 1. The first-order valence-corrected chi connectivity index (χ1v) is 9.01. The van der Waals surface area contributed by atoms with Crippen LogP contribution in [0.3, 0.4) is 0 Å². The molecule has 0 aliphatic carbocycles. The Balaban J connectivity index is 2.21. The Bertz CT molecular complexity index is 910. The summed E-state index contributed by atoms with van der Waals surface area (Å²) in [6.07, 6.45) is -4.66. The topological polar surface area (TPSA) is 65.8 Å². The Hall–Kier alpha value is -2.53. The highest BCUT2D eigenvalue weighted by atomic mass is 32.2. The number of thioether (sulfide) groups is 1. The van der Waals surface area contributed by atoms with Gasteiger partial charge in [-0.15, -0.1) is 0 Å². The van der Waals surface area contributed by atoms with Gasteiger partial charge in [-0.3, -0.25) is 4.79 Å². The molecule has 1 N–H and O–H groups in total. The van der Waals surface area contributed by atoms with E-state index in [1.807, 2.05) is 32.9 Å². The van der Waals surface area contributed by atoms with E-state index in [-0.39, 0.29) is 22.4 Å². The van der Waals surface area contributed by atoms with E-state index in [9.17, 15) is 18.0 Å². The van der Waals surface area contributed by atoms with E-state index < -0.39 is 17.3 Å². The summed E-state index contributed by atoms with van der Waals surface area (Å²) in [7, 11) is 0. The summed E-state index contributed by atoms with van der Waals surface area (Å²) in [6.45, 7) is 7.11. The van der Waals surface area contributed by atoms with Gasteiger partial charge in [-0.2, -0.15) is 18.4 Å². The molecular weight excluding hydrogens is 375 g/mol. The number of aromatic nitrogens is 1. The molecule has 1 aromatic carbocycles. The summed E-state index contributed by atoms with van der Waals surface area (Å²) in [5.74, 6) is -0.536. The fraction of sp³-hybridized carbons (Fsp3) is 0.316. The zero-order valence-electron chi connectivity index (χ0n) is 15.3. The van der Waals surface area contributed by atoms with Crippen molar-refractivity contribution in [1.29, 1.82) is 5.26 Å². The molecule has 1 heterocycles. The second-order valence-corrected chi connectivity index (χ2v) is 7.18. The molecule has 0 aliphatic rings. The number of rotatable bonds is 4. The summed E-state index contributed by atoms with van der Waals surface area (Å²) < 4.78 is 39.4. The van der Waals surface area contributed by atoms with Crippen LogP contribution < -0.4 is 5.32 Å². The Morgan fingerprint density at radius 3 is 2.30 bits per heavy atom. The lowest BCUT2D eigenvalue weighted by molar-refractivity contribution is -0.138. The van der Waals surface area contributed by atoms with Crippen molar-refractivity contribution in [2.24, 2.45) is 0 Å². The molecule has 1 amide bonds. The zero-order chi connectivity index (χ0) is 20.4. The molecule has 0 atom stereocenters. The van der Waals surface area contributed by atoms with E-state index >= 15 is 0 Å². The number of benzene rings is 1. The van der Waals surface area contributed by atoms with Crippen LogP contribution in [0.15, 0.2) is 23.2 Å². The average molecular weight is 393 g/mol. The largest absolute Gasteiger partial charge is 0.417 e. The van der Waals surface area contributed by atoms with Gasteiger partial charge in [0.1, 0.15) is 11.1 Å². The Morgan fingerprint density at radius 1 is 1.19 bits per heavy atom. The van der Waals surface area contributed by atoms with E-state index in [2.05, 4.69) is 10.3 Å². The second kappa shape index (κ2) is 8.01. The molecule has 2 rings (SSSR count). The number of amides is 1. The van der Waals surface area contributed by atoms with Crippen molar-refractivity contribution in [1.82, 2.24) is 4.98 Å². The molecule has 0 radical (unpaired) electrons. The molecule has 2 aromatic rings. The highest BCUT2D eigenvalue weighted by Crippen LogP contribution is 2.35. The van der Waals surface area contributed by atoms with Crippen molar-refractivity contribution in [2.75, 3.05) is 11.1 Å². The smallest absolute Gasteiger partial charge is 0.325 e. The minimum Gasteiger partial charge on any atom is -0.325 e. The second-order valence-electron chi connectivity index (χ2n) is 6.21. The van der Waals surface area contributed by atoms with Crippen molar-refractivity contribution in [3.05, 3.63) is 51.7 Å². The van der Waals surface area contributed by atoms with Crippen LogP contribution in [0.2, 0.25) is 0 Å². The molecule has 142 valence electrons. The highest BCUT2D eigenvalue weighted by molar-refractivity contribution is 8.00. The van der Waals surface area contributed by atoms with Crippen LogP contribution in [-0.2, 0) is 11.0 Å². The molecule has 1 aromatic heterocycles. The maximum absolute atomic E-state index is 13.1. The molecule has 0 unspecified atom stereocenters. The number of nitrogens with zero attached hydrogens (tertiary/aromatic N) is 2.